The zero-order valence-electron chi connectivity index (χ0n) is 18.2. The number of hydrogen-bond acceptors (Lipinski definition) is 8. The van der Waals surface area contributed by atoms with Crippen LogP contribution in [0.4, 0.5) is 18.9 Å². The average molecular weight is 524 g/mol. The molecule has 3 N–H and O–H groups in total. The van der Waals surface area contributed by atoms with Gasteiger partial charge in [0.1, 0.15) is 4.90 Å². The number of morpholine rings is 1. The van der Waals surface area contributed by atoms with E-state index in [1.807, 2.05) is 18.2 Å². The highest BCUT2D eigenvalue weighted by Gasteiger charge is 2.48. The lowest BCUT2D eigenvalue weighted by molar-refractivity contribution is -0.0435. The summed E-state index contributed by atoms with van der Waals surface area (Å²) in [7, 11) is -5.46. The number of hydrogen-bond donors (Lipinski definition) is 2. The predicted molar refractivity (Wildman–Crippen MR) is 128 cm³/mol. The third kappa shape index (κ3) is 8.69. The molecule has 1 aliphatic rings. The van der Waals surface area contributed by atoms with E-state index in [9.17, 15) is 21.6 Å². The van der Waals surface area contributed by atoms with Crippen molar-refractivity contribution >= 4 is 39.2 Å². The molecule has 6 nitrogen and oxygen atoms in total. The van der Waals surface area contributed by atoms with Gasteiger partial charge in [-0.25, -0.2) is 8.42 Å². The van der Waals surface area contributed by atoms with Gasteiger partial charge in [0.2, 0.25) is 0 Å². The molecule has 2 aromatic carbocycles. The molecule has 0 unspecified atom stereocenters. The van der Waals surface area contributed by atoms with Crippen molar-refractivity contribution in [2.24, 2.45) is 5.14 Å². The summed E-state index contributed by atoms with van der Waals surface area (Å²) in [5.41, 5.74) is -5.44. The summed E-state index contributed by atoms with van der Waals surface area (Å²) in [5.74, 6) is 0. The quantitative estimate of drug-likeness (QED) is 0.298. The van der Waals surface area contributed by atoms with E-state index in [2.05, 4.69) is 28.6 Å². The van der Waals surface area contributed by atoms with Gasteiger partial charge in [-0.05, 0) is 61.5 Å². The van der Waals surface area contributed by atoms with Crippen molar-refractivity contribution in [1.29, 1.82) is 0 Å². The van der Waals surface area contributed by atoms with E-state index in [0.29, 0.717) is 38.1 Å². The summed E-state index contributed by atoms with van der Waals surface area (Å²) in [6, 6.07) is 14.1. The molecule has 3 rings (SSSR count). The van der Waals surface area contributed by atoms with E-state index >= 15 is 0 Å². The van der Waals surface area contributed by atoms with Gasteiger partial charge in [-0.15, -0.1) is 11.8 Å². The largest absolute Gasteiger partial charge is 0.501 e. The van der Waals surface area contributed by atoms with Gasteiger partial charge in [-0.3, -0.25) is 10.0 Å². The number of benzene rings is 2. The Kier molecular flexibility index (Phi) is 11.3. The molecule has 0 atom stereocenters. The minimum absolute atomic E-state index is 0.0721. The first-order valence-corrected chi connectivity index (χ1v) is 13.7. The number of alkyl halides is 3. The lowest BCUT2D eigenvalue weighted by atomic mass is 10.3. The molecule has 1 heterocycles. The second-order valence-electron chi connectivity index (χ2n) is 6.98. The molecule has 184 valence electrons. The Morgan fingerprint density at radius 3 is 2.30 bits per heavy atom. The van der Waals surface area contributed by atoms with Crippen LogP contribution in [0, 0.1) is 0 Å². The summed E-state index contributed by atoms with van der Waals surface area (Å²) < 4.78 is 67.5. The smallest absolute Gasteiger partial charge is 0.384 e. The van der Waals surface area contributed by atoms with Crippen LogP contribution in [-0.4, -0.2) is 64.5 Å². The molecule has 0 saturated carbocycles. The third-order valence-corrected chi connectivity index (χ3v) is 7.53. The number of sulfone groups is 1. The number of thioether (sulfide) groups is 1. The van der Waals surface area contributed by atoms with Gasteiger partial charge in [0.15, 0.2) is 0 Å². The zero-order chi connectivity index (χ0) is 24.3. The van der Waals surface area contributed by atoms with Crippen LogP contribution in [0.3, 0.4) is 0 Å². The van der Waals surface area contributed by atoms with Gasteiger partial charge in [0.05, 0.1) is 18.9 Å². The Bertz CT molecular complexity index is 955. The Morgan fingerprint density at radius 1 is 1.09 bits per heavy atom. The summed E-state index contributed by atoms with van der Waals surface area (Å²) >= 11 is 2.46. The van der Waals surface area contributed by atoms with Crippen LogP contribution in [0.1, 0.15) is 6.42 Å². The molecule has 0 aliphatic carbocycles. The van der Waals surface area contributed by atoms with Crippen LogP contribution in [0.25, 0.3) is 0 Å². The van der Waals surface area contributed by atoms with E-state index in [0.717, 1.165) is 25.7 Å². The topological polar surface area (TPSA) is 84.7 Å². The standard InChI is InChI=1S/C14H20F3N3O3S2.C7H8S/c15-14(16,17)25(21,22)13-10-11(24-18)2-3-12(13)19-4-1-5-20-6-8-23-9-7-20;1-8-7-5-3-2-4-6-7/h2-3,10,19H,1,4-9,18H2;2-6H,1H3. The fraction of sp³-hybridized carbons (Fsp3) is 0.429. The molecule has 33 heavy (non-hydrogen) atoms. The monoisotopic (exact) mass is 523 g/mol. The van der Waals surface area contributed by atoms with Crippen molar-refractivity contribution < 1.29 is 26.3 Å². The summed E-state index contributed by atoms with van der Waals surface area (Å²) in [5, 5.41) is 8.13. The number of nitrogens with zero attached hydrogens (tertiary/aromatic N) is 1. The maximum atomic E-state index is 12.9. The number of ether oxygens (including phenoxy) is 1. The lowest BCUT2D eigenvalue weighted by Crippen LogP contribution is -2.37. The van der Waals surface area contributed by atoms with Crippen LogP contribution >= 0.6 is 23.7 Å². The van der Waals surface area contributed by atoms with Crippen molar-refractivity contribution in [3.05, 3.63) is 48.5 Å². The van der Waals surface area contributed by atoms with E-state index in [-0.39, 0.29) is 10.6 Å². The van der Waals surface area contributed by atoms with Gasteiger partial charge >= 0.3 is 5.51 Å². The minimum atomic E-state index is -5.46. The normalized spacial score (nSPS) is 14.9. The third-order valence-electron chi connectivity index (χ3n) is 4.73. The van der Waals surface area contributed by atoms with Crippen LogP contribution in [0.2, 0.25) is 0 Å². The van der Waals surface area contributed by atoms with E-state index < -0.39 is 20.2 Å². The van der Waals surface area contributed by atoms with Crippen molar-refractivity contribution in [3.8, 4) is 0 Å². The van der Waals surface area contributed by atoms with Crippen molar-refractivity contribution in [1.82, 2.24) is 4.90 Å². The van der Waals surface area contributed by atoms with Crippen molar-refractivity contribution in [2.45, 2.75) is 26.6 Å². The fourth-order valence-electron chi connectivity index (χ4n) is 2.98. The Balaban J connectivity index is 0.000000405. The minimum Gasteiger partial charge on any atom is -0.384 e. The predicted octanol–water partition coefficient (Wildman–Crippen LogP) is 4.49. The molecule has 2 aromatic rings. The molecule has 12 heteroatoms. The molecule has 0 spiro atoms. The second kappa shape index (κ2) is 13.4. The molecule has 1 fully saturated rings. The molecule has 0 aromatic heterocycles. The van der Waals surface area contributed by atoms with Crippen LogP contribution in [0.15, 0.2) is 63.2 Å². The van der Waals surface area contributed by atoms with Crippen molar-refractivity contribution in [2.75, 3.05) is 51.0 Å². The van der Waals surface area contributed by atoms with Gasteiger partial charge in [-0.1, -0.05) is 18.2 Å². The number of anilines is 1. The SMILES string of the molecule is CSc1ccccc1.NSc1ccc(NCCCN2CCOCC2)c(S(=O)(=O)C(F)(F)F)c1. The van der Waals surface area contributed by atoms with Crippen molar-refractivity contribution in [3.63, 3.8) is 0 Å². The van der Waals surface area contributed by atoms with E-state index in [1.54, 1.807) is 11.8 Å². The molecule has 0 amide bonds. The maximum absolute atomic E-state index is 12.9. The van der Waals surface area contributed by atoms with Gasteiger partial charge in [0.25, 0.3) is 9.84 Å². The molecular weight excluding hydrogens is 495 g/mol. The molecule has 1 saturated heterocycles. The highest BCUT2D eigenvalue weighted by Crippen LogP contribution is 2.36. The lowest BCUT2D eigenvalue weighted by Gasteiger charge is -2.26. The van der Waals surface area contributed by atoms with E-state index in [4.69, 9.17) is 9.88 Å². The summed E-state index contributed by atoms with van der Waals surface area (Å²) in [6.45, 7) is 4.08. The molecular formula is C21H28F3N3O3S3. The molecule has 0 radical (unpaired) electrons. The first-order valence-electron chi connectivity index (χ1n) is 10.1. The highest BCUT2D eigenvalue weighted by molar-refractivity contribution is 7.98. The fourth-order valence-corrected chi connectivity index (χ4v) is 4.77. The average Bonchev–Trinajstić information content (AvgIpc) is 2.82. The van der Waals surface area contributed by atoms with E-state index in [1.165, 1.54) is 17.0 Å². The number of nitrogens with one attached hydrogen (secondary N) is 1. The Morgan fingerprint density at radius 2 is 1.76 bits per heavy atom. The maximum Gasteiger partial charge on any atom is 0.501 e. The zero-order valence-corrected chi connectivity index (χ0v) is 20.6. The van der Waals surface area contributed by atoms with Gasteiger partial charge in [0, 0.05) is 29.4 Å². The van der Waals surface area contributed by atoms with Gasteiger partial charge < -0.3 is 10.1 Å². The first kappa shape index (κ1) is 27.8. The van der Waals surface area contributed by atoms with Crippen LogP contribution in [-0.2, 0) is 14.6 Å². The number of nitrogens with two attached hydrogens (primary N) is 1. The Hall–Kier alpha value is -1.44. The highest BCUT2D eigenvalue weighted by atomic mass is 32.2. The Labute approximate surface area is 201 Å². The van der Waals surface area contributed by atoms with Crippen LogP contribution < -0.4 is 10.5 Å². The molecule has 1 aliphatic heterocycles. The van der Waals surface area contributed by atoms with Crippen LogP contribution in [0.5, 0.6) is 0 Å². The summed E-state index contributed by atoms with van der Waals surface area (Å²) in [4.78, 5) is 2.95. The first-order chi connectivity index (χ1) is 15.7. The number of rotatable bonds is 8. The van der Waals surface area contributed by atoms with Gasteiger partial charge in [-0.2, -0.15) is 13.2 Å². The number of halogens is 3. The second-order valence-corrected chi connectivity index (χ2v) is 10.5. The molecule has 0 bridgehead atoms. The summed E-state index contributed by atoms with van der Waals surface area (Å²) in [6.07, 6.45) is 2.74.